The average Bonchev–Trinajstić information content (AvgIpc) is 2.88. The van der Waals surface area contributed by atoms with Crippen molar-refractivity contribution in [1.82, 2.24) is 14.8 Å². The lowest BCUT2D eigenvalue weighted by molar-refractivity contribution is 0.240. The van der Waals surface area contributed by atoms with Crippen LogP contribution in [-0.4, -0.2) is 42.2 Å². The third-order valence-electron chi connectivity index (χ3n) is 4.66. The Labute approximate surface area is 141 Å². The summed E-state index contributed by atoms with van der Waals surface area (Å²) in [6.45, 7) is 6.67. The molecule has 6 nitrogen and oxygen atoms in total. The van der Waals surface area contributed by atoms with Crippen LogP contribution >= 0.6 is 0 Å². The van der Waals surface area contributed by atoms with E-state index in [1.165, 1.54) is 5.56 Å². The van der Waals surface area contributed by atoms with Gasteiger partial charge in [-0.3, -0.25) is 0 Å². The number of aromatic nitrogens is 1. The van der Waals surface area contributed by atoms with E-state index in [-0.39, 0.29) is 0 Å². The fourth-order valence-corrected chi connectivity index (χ4v) is 3.19. The van der Waals surface area contributed by atoms with Crippen LogP contribution in [0.5, 0.6) is 0 Å². The van der Waals surface area contributed by atoms with Crippen molar-refractivity contribution in [2.75, 3.05) is 26.7 Å². The molecular weight excluding hydrogens is 306 g/mol. The predicted molar refractivity (Wildman–Crippen MR) is 93.6 cm³/mol. The lowest BCUT2D eigenvalue weighted by atomic mass is 9.89. The zero-order valence-electron chi connectivity index (χ0n) is 14.5. The molecule has 130 valence electrons. The number of benzene rings is 1. The first-order valence-electron chi connectivity index (χ1n) is 8.58. The Hall–Kier alpha value is -2.08. The molecule has 1 aromatic heterocycles. The van der Waals surface area contributed by atoms with Gasteiger partial charge < -0.3 is 14.6 Å². The Morgan fingerprint density at radius 2 is 2.04 bits per heavy atom. The molecule has 0 atom stereocenters. The van der Waals surface area contributed by atoms with E-state index in [1.54, 1.807) is 6.07 Å². The number of likely N-dealkylation sites (tertiary alicyclic amines) is 1. The van der Waals surface area contributed by atoms with Crippen molar-refractivity contribution < 1.29 is 9.21 Å². The van der Waals surface area contributed by atoms with Crippen LogP contribution in [-0.2, 0) is 0 Å². The number of nitrogens with one attached hydrogen (secondary N) is 1. The highest BCUT2D eigenvalue weighted by molar-refractivity contribution is 5.88. The maximum atomic E-state index is 12.4. The molecular formula is C18H25N3O3. The van der Waals surface area contributed by atoms with Crippen molar-refractivity contribution in [3.8, 4) is 0 Å². The number of hydrogen-bond acceptors (Lipinski definition) is 4. The first-order chi connectivity index (χ1) is 11.5. The molecule has 0 spiro atoms. The number of piperidine rings is 1. The van der Waals surface area contributed by atoms with Gasteiger partial charge in [0.05, 0.1) is 0 Å². The van der Waals surface area contributed by atoms with Gasteiger partial charge in [0.2, 0.25) is 0 Å². The average molecular weight is 331 g/mol. The quantitative estimate of drug-likeness (QED) is 0.939. The molecule has 1 aliphatic rings. The van der Waals surface area contributed by atoms with Gasteiger partial charge in [0.15, 0.2) is 5.58 Å². The fraction of sp³-hybridized carbons (Fsp3) is 0.556. The Bertz CT molecular complexity index is 782. The second-order valence-corrected chi connectivity index (χ2v) is 7.09. The molecule has 1 fully saturated rings. The van der Waals surface area contributed by atoms with Crippen molar-refractivity contribution in [2.45, 2.75) is 32.6 Å². The van der Waals surface area contributed by atoms with Crippen LogP contribution in [0.25, 0.3) is 11.1 Å². The summed E-state index contributed by atoms with van der Waals surface area (Å²) in [5.41, 5.74) is 2.18. The van der Waals surface area contributed by atoms with Crippen LogP contribution in [0, 0.1) is 5.92 Å². The van der Waals surface area contributed by atoms with E-state index in [4.69, 9.17) is 4.42 Å². The zero-order chi connectivity index (χ0) is 17.3. The van der Waals surface area contributed by atoms with Crippen molar-refractivity contribution in [3.63, 3.8) is 0 Å². The number of amides is 1. The summed E-state index contributed by atoms with van der Waals surface area (Å²) in [7, 11) is 2.13. The van der Waals surface area contributed by atoms with Crippen LogP contribution in [0.1, 0.15) is 38.2 Å². The number of oxazole rings is 1. The van der Waals surface area contributed by atoms with Gasteiger partial charge >= 0.3 is 11.8 Å². The second kappa shape index (κ2) is 6.81. The molecule has 2 heterocycles. The molecule has 1 amide bonds. The molecule has 1 aromatic carbocycles. The van der Waals surface area contributed by atoms with Crippen LogP contribution in [0.4, 0.5) is 4.79 Å². The van der Waals surface area contributed by atoms with Crippen LogP contribution in [0.3, 0.4) is 0 Å². The first kappa shape index (κ1) is 16.8. The molecule has 0 saturated carbocycles. The van der Waals surface area contributed by atoms with Crippen LogP contribution in [0.2, 0.25) is 0 Å². The largest absolute Gasteiger partial charge is 0.428 e. The summed E-state index contributed by atoms with van der Waals surface area (Å²) in [6, 6.07) is 5.33. The molecule has 24 heavy (non-hydrogen) atoms. The third kappa shape index (κ3) is 3.38. The van der Waals surface area contributed by atoms with Gasteiger partial charge in [0, 0.05) is 6.54 Å². The SMILES string of the molecule is CC(C)CNC(=O)n1c(=O)oc2ccc(C3CCN(C)CC3)cc21. The summed E-state index contributed by atoms with van der Waals surface area (Å²) < 4.78 is 6.33. The molecule has 0 aliphatic carbocycles. The Balaban J connectivity index is 1.92. The fourth-order valence-electron chi connectivity index (χ4n) is 3.19. The van der Waals surface area contributed by atoms with E-state index in [0.717, 1.165) is 30.5 Å². The van der Waals surface area contributed by atoms with E-state index in [9.17, 15) is 9.59 Å². The lowest BCUT2D eigenvalue weighted by Crippen LogP contribution is -2.36. The number of rotatable bonds is 3. The molecule has 1 N–H and O–H groups in total. The standard InChI is InChI=1S/C18H25N3O3/c1-12(2)11-19-17(22)21-15-10-14(4-5-16(15)24-18(21)23)13-6-8-20(3)9-7-13/h4-5,10,12-13H,6-9,11H2,1-3H3,(H,19,22). The summed E-state index contributed by atoms with van der Waals surface area (Å²) in [5, 5.41) is 2.78. The Kier molecular flexibility index (Phi) is 4.76. The summed E-state index contributed by atoms with van der Waals surface area (Å²) in [5.74, 6) is 0.146. The Morgan fingerprint density at radius 3 is 2.71 bits per heavy atom. The van der Waals surface area contributed by atoms with Crippen molar-refractivity contribution in [2.24, 2.45) is 5.92 Å². The van der Waals surface area contributed by atoms with Gasteiger partial charge in [0.25, 0.3) is 0 Å². The number of fused-ring (bicyclic) bond motifs is 1. The van der Waals surface area contributed by atoms with Crippen LogP contribution < -0.4 is 11.1 Å². The molecule has 1 saturated heterocycles. The minimum Gasteiger partial charge on any atom is -0.407 e. The van der Waals surface area contributed by atoms with E-state index in [2.05, 4.69) is 17.3 Å². The van der Waals surface area contributed by atoms with E-state index in [1.807, 2.05) is 26.0 Å². The summed E-state index contributed by atoms with van der Waals surface area (Å²) in [6.07, 6.45) is 2.17. The van der Waals surface area contributed by atoms with Gasteiger partial charge in [-0.25, -0.2) is 9.59 Å². The third-order valence-corrected chi connectivity index (χ3v) is 4.66. The topological polar surface area (TPSA) is 67.5 Å². The van der Waals surface area contributed by atoms with Gasteiger partial charge in [-0.05, 0) is 62.5 Å². The van der Waals surface area contributed by atoms with Crippen molar-refractivity contribution in [1.29, 1.82) is 0 Å². The van der Waals surface area contributed by atoms with E-state index >= 15 is 0 Å². The molecule has 0 unspecified atom stereocenters. The number of carbonyl (C=O) groups excluding carboxylic acids is 1. The van der Waals surface area contributed by atoms with Gasteiger partial charge in [-0.2, -0.15) is 4.57 Å². The molecule has 0 radical (unpaired) electrons. The van der Waals surface area contributed by atoms with Crippen molar-refractivity contribution >= 4 is 17.1 Å². The number of carbonyl (C=O) groups is 1. The smallest absolute Gasteiger partial charge is 0.407 e. The maximum absolute atomic E-state index is 12.4. The van der Waals surface area contributed by atoms with Gasteiger partial charge in [-0.1, -0.05) is 19.9 Å². The van der Waals surface area contributed by atoms with Gasteiger partial charge in [0.1, 0.15) is 5.52 Å². The van der Waals surface area contributed by atoms with Crippen molar-refractivity contribution in [3.05, 3.63) is 34.3 Å². The maximum Gasteiger partial charge on any atom is 0.428 e. The predicted octanol–water partition coefficient (Wildman–Crippen LogP) is 2.62. The van der Waals surface area contributed by atoms with Crippen LogP contribution in [0.15, 0.2) is 27.4 Å². The minimum atomic E-state index is -0.633. The summed E-state index contributed by atoms with van der Waals surface area (Å²) >= 11 is 0. The highest BCUT2D eigenvalue weighted by atomic mass is 16.4. The first-order valence-corrected chi connectivity index (χ1v) is 8.58. The molecule has 0 bridgehead atoms. The zero-order valence-corrected chi connectivity index (χ0v) is 14.5. The normalized spacial score (nSPS) is 16.8. The second-order valence-electron chi connectivity index (χ2n) is 7.09. The Morgan fingerprint density at radius 1 is 1.33 bits per heavy atom. The van der Waals surface area contributed by atoms with E-state index < -0.39 is 11.8 Å². The monoisotopic (exact) mass is 331 g/mol. The minimum absolute atomic E-state index is 0.317. The number of hydrogen-bond donors (Lipinski definition) is 1. The molecule has 3 rings (SSSR count). The molecule has 2 aromatic rings. The summed E-state index contributed by atoms with van der Waals surface area (Å²) in [4.78, 5) is 26.8. The highest BCUT2D eigenvalue weighted by Gasteiger charge is 2.21. The number of nitrogens with zero attached hydrogens (tertiary/aromatic N) is 2. The highest BCUT2D eigenvalue weighted by Crippen LogP contribution is 2.29. The van der Waals surface area contributed by atoms with Gasteiger partial charge in [-0.15, -0.1) is 0 Å². The molecule has 1 aliphatic heterocycles. The van der Waals surface area contributed by atoms with E-state index in [0.29, 0.717) is 29.5 Å². The molecule has 6 heteroatoms. The lowest BCUT2D eigenvalue weighted by Gasteiger charge is -2.29.